The molecule has 1 aromatic rings. The van der Waals surface area contributed by atoms with E-state index < -0.39 is 0 Å². The Kier molecular flexibility index (Phi) is 2.97. The van der Waals surface area contributed by atoms with E-state index in [1.54, 1.807) is 0 Å². The maximum Gasteiger partial charge on any atom is 0.126 e. The lowest BCUT2D eigenvalue weighted by Gasteiger charge is -2.43. The van der Waals surface area contributed by atoms with Gasteiger partial charge in [-0.3, -0.25) is 0 Å². The summed E-state index contributed by atoms with van der Waals surface area (Å²) < 4.78 is 1.08. The molecule has 2 bridgehead atoms. The second-order valence-corrected chi connectivity index (χ2v) is 8.11. The second kappa shape index (κ2) is 4.21. The Hall–Kier alpha value is -0.570. The van der Waals surface area contributed by atoms with E-state index in [2.05, 4.69) is 59.1 Å². The number of hydrogen-bond donors (Lipinski definition) is 1. The van der Waals surface area contributed by atoms with Crippen LogP contribution in [0.2, 0.25) is 0 Å². The standard InChI is InChI=1S/C16H23BrN2/c1-10-12(17)5-6-13(18-10)19-14-15(2,3)11-7-8-16(14,4)9-11/h5-6,11,14H,7-9H2,1-4H3,(H,18,19). The zero-order valence-electron chi connectivity index (χ0n) is 12.3. The van der Waals surface area contributed by atoms with Crippen molar-refractivity contribution < 1.29 is 0 Å². The molecule has 3 rings (SSSR count). The van der Waals surface area contributed by atoms with Crippen molar-refractivity contribution in [2.24, 2.45) is 16.7 Å². The Morgan fingerprint density at radius 1 is 1.32 bits per heavy atom. The van der Waals surface area contributed by atoms with Gasteiger partial charge in [0.2, 0.25) is 0 Å². The number of hydrogen-bond acceptors (Lipinski definition) is 2. The Morgan fingerprint density at radius 3 is 2.63 bits per heavy atom. The monoisotopic (exact) mass is 322 g/mol. The van der Waals surface area contributed by atoms with Crippen LogP contribution in [-0.2, 0) is 0 Å². The van der Waals surface area contributed by atoms with Crippen molar-refractivity contribution in [1.82, 2.24) is 4.98 Å². The average molecular weight is 323 g/mol. The Morgan fingerprint density at radius 2 is 2.05 bits per heavy atom. The number of fused-ring (bicyclic) bond motifs is 2. The van der Waals surface area contributed by atoms with Gasteiger partial charge in [0, 0.05) is 10.5 Å². The van der Waals surface area contributed by atoms with Gasteiger partial charge in [0.05, 0.1) is 5.69 Å². The summed E-state index contributed by atoms with van der Waals surface area (Å²) in [6.07, 6.45) is 4.12. The molecule has 0 radical (unpaired) electrons. The molecule has 2 fully saturated rings. The van der Waals surface area contributed by atoms with Crippen molar-refractivity contribution >= 4 is 21.7 Å². The van der Waals surface area contributed by atoms with Crippen LogP contribution < -0.4 is 5.32 Å². The highest BCUT2D eigenvalue weighted by Crippen LogP contribution is 2.63. The van der Waals surface area contributed by atoms with Crippen LogP contribution in [0.15, 0.2) is 16.6 Å². The molecular weight excluding hydrogens is 300 g/mol. The molecule has 1 N–H and O–H groups in total. The maximum atomic E-state index is 4.66. The average Bonchev–Trinajstić information content (AvgIpc) is 2.80. The summed E-state index contributed by atoms with van der Waals surface area (Å²) in [5.41, 5.74) is 1.86. The minimum absolute atomic E-state index is 0.371. The topological polar surface area (TPSA) is 24.9 Å². The molecule has 3 unspecified atom stereocenters. The highest BCUT2D eigenvalue weighted by molar-refractivity contribution is 9.10. The van der Waals surface area contributed by atoms with Crippen LogP contribution in [0, 0.1) is 23.7 Å². The first kappa shape index (κ1) is 13.4. The van der Waals surface area contributed by atoms with Gasteiger partial charge >= 0.3 is 0 Å². The summed E-state index contributed by atoms with van der Waals surface area (Å²) in [6, 6.07) is 4.71. The molecule has 0 saturated heterocycles. The van der Waals surface area contributed by atoms with E-state index in [4.69, 9.17) is 0 Å². The normalized spacial score (nSPS) is 35.6. The summed E-state index contributed by atoms with van der Waals surface area (Å²) in [7, 11) is 0. The lowest BCUT2D eigenvalue weighted by atomic mass is 9.68. The van der Waals surface area contributed by atoms with Gasteiger partial charge in [-0.05, 0) is 71.0 Å². The fourth-order valence-corrected chi connectivity index (χ4v) is 4.66. The van der Waals surface area contributed by atoms with Crippen LogP contribution in [0.1, 0.15) is 45.7 Å². The van der Waals surface area contributed by atoms with Gasteiger partial charge < -0.3 is 5.32 Å². The highest BCUT2D eigenvalue weighted by Gasteiger charge is 2.59. The van der Waals surface area contributed by atoms with Crippen molar-refractivity contribution in [3.05, 3.63) is 22.3 Å². The largest absolute Gasteiger partial charge is 0.366 e. The van der Waals surface area contributed by atoms with E-state index in [0.717, 1.165) is 21.9 Å². The molecule has 1 heterocycles. The first-order valence-corrected chi connectivity index (χ1v) is 8.02. The van der Waals surface area contributed by atoms with Crippen LogP contribution in [0.4, 0.5) is 5.82 Å². The summed E-state index contributed by atoms with van der Waals surface area (Å²) in [5, 5.41) is 3.74. The number of nitrogens with zero attached hydrogens (tertiary/aromatic N) is 1. The van der Waals surface area contributed by atoms with E-state index in [1.165, 1.54) is 19.3 Å². The number of halogens is 1. The fourth-order valence-electron chi connectivity index (χ4n) is 4.43. The first-order valence-electron chi connectivity index (χ1n) is 7.23. The summed E-state index contributed by atoms with van der Waals surface area (Å²) in [6.45, 7) is 9.34. The van der Waals surface area contributed by atoms with E-state index in [1.807, 2.05) is 6.92 Å². The first-order chi connectivity index (χ1) is 8.83. The third-order valence-corrected chi connectivity index (χ3v) is 6.42. The molecule has 2 saturated carbocycles. The number of anilines is 1. The smallest absolute Gasteiger partial charge is 0.126 e. The second-order valence-electron chi connectivity index (χ2n) is 7.26. The number of aromatic nitrogens is 1. The molecule has 3 heteroatoms. The molecule has 0 amide bonds. The molecule has 104 valence electrons. The third kappa shape index (κ3) is 2.01. The van der Waals surface area contributed by atoms with E-state index in [9.17, 15) is 0 Å². The van der Waals surface area contributed by atoms with E-state index >= 15 is 0 Å². The minimum atomic E-state index is 0.371. The van der Waals surface area contributed by atoms with Crippen LogP contribution in [0.3, 0.4) is 0 Å². The lowest BCUT2D eigenvalue weighted by Crippen LogP contribution is -2.46. The van der Waals surface area contributed by atoms with Crippen molar-refractivity contribution in [2.45, 2.75) is 53.0 Å². The lowest BCUT2D eigenvalue weighted by molar-refractivity contribution is 0.155. The molecule has 0 spiro atoms. The maximum absolute atomic E-state index is 4.66. The molecule has 1 aromatic heterocycles. The van der Waals surface area contributed by atoms with Crippen LogP contribution in [0.25, 0.3) is 0 Å². The molecule has 3 atom stereocenters. The molecule has 0 aliphatic heterocycles. The SMILES string of the molecule is Cc1nc(NC2C3(C)CCC(C3)C2(C)C)ccc1Br. The van der Waals surface area contributed by atoms with Gasteiger partial charge in [0.25, 0.3) is 0 Å². The zero-order chi connectivity index (χ0) is 13.8. The van der Waals surface area contributed by atoms with E-state index in [-0.39, 0.29) is 0 Å². The third-order valence-electron chi connectivity index (χ3n) is 5.58. The van der Waals surface area contributed by atoms with Gasteiger partial charge in [-0.1, -0.05) is 20.8 Å². The fraction of sp³-hybridized carbons (Fsp3) is 0.688. The number of nitrogens with one attached hydrogen (secondary N) is 1. The van der Waals surface area contributed by atoms with E-state index in [0.29, 0.717) is 16.9 Å². The molecule has 2 aliphatic rings. The highest BCUT2D eigenvalue weighted by atomic mass is 79.9. The number of aryl methyl sites for hydroxylation is 1. The van der Waals surface area contributed by atoms with Crippen LogP contribution in [-0.4, -0.2) is 11.0 Å². The van der Waals surface area contributed by atoms with Crippen molar-refractivity contribution in [2.75, 3.05) is 5.32 Å². The van der Waals surface area contributed by atoms with Crippen molar-refractivity contribution in [1.29, 1.82) is 0 Å². The van der Waals surface area contributed by atoms with Crippen molar-refractivity contribution in [3.63, 3.8) is 0 Å². The van der Waals surface area contributed by atoms with Crippen molar-refractivity contribution in [3.8, 4) is 0 Å². The Balaban J connectivity index is 1.88. The predicted molar refractivity (Wildman–Crippen MR) is 83.3 cm³/mol. The molecule has 19 heavy (non-hydrogen) atoms. The van der Waals surface area contributed by atoms with Gasteiger partial charge in [0.1, 0.15) is 5.82 Å². The van der Waals surface area contributed by atoms with Gasteiger partial charge in [-0.2, -0.15) is 0 Å². The van der Waals surface area contributed by atoms with Gasteiger partial charge in [0.15, 0.2) is 0 Å². The minimum Gasteiger partial charge on any atom is -0.366 e. The number of pyridine rings is 1. The molecule has 0 aromatic carbocycles. The van der Waals surface area contributed by atoms with Gasteiger partial charge in [-0.25, -0.2) is 4.98 Å². The Bertz CT molecular complexity index is 507. The number of rotatable bonds is 2. The molecular formula is C16H23BrN2. The van der Waals surface area contributed by atoms with Crippen LogP contribution in [0.5, 0.6) is 0 Å². The Labute approximate surface area is 124 Å². The summed E-state index contributed by atoms with van der Waals surface area (Å²) >= 11 is 3.52. The summed E-state index contributed by atoms with van der Waals surface area (Å²) in [4.78, 5) is 4.66. The predicted octanol–water partition coefficient (Wildman–Crippen LogP) is 4.78. The molecule has 2 aliphatic carbocycles. The zero-order valence-corrected chi connectivity index (χ0v) is 13.8. The van der Waals surface area contributed by atoms with Gasteiger partial charge in [-0.15, -0.1) is 0 Å². The quantitative estimate of drug-likeness (QED) is 0.847. The van der Waals surface area contributed by atoms with Crippen LogP contribution >= 0.6 is 15.9 Å². The summed E-state index contributed by atoms with van der Waals surface area (Å²) in [5.74, 6) is 1.89. The molecule has 2 nitrogen and oxygen atoms in total.